The Kier molecular flexibility index (Phi) is 3.32. The molecule has 80 valence electrons. The molecule has 2 rings (SSSR count). The number of aromatic amines is 1. The lowest BCUT2D eigenvalue weighted by Gasteiger charge is -2.29. The van der Waals surface area contributed by atoms with E-state index in [-0.39, 0.29) is 5.92 Å². The zero-order valence-electron chi connectivity index (χ0n) is 8.81. The molecule has 3 atom stereocenters. The molecule has 1 aliphatic rings. The van der Waals surface area contributed by atoms with Gasteiger partial charge in [0.15, 0.2) is 5.16 Å². The molecule has 0 aliphatic heterocycles. The third-order valence-corrected chi connectivity index (χ3v) is 4.23. The van der Waals surface area contributed by atoms with Gasteiger partial charge in [-0.1, -0.05) is 18.7 Å². The Hall–Kier alpha value is -0.950. The summed E-state index contributed by atoms with van der Waals surface area (Å²) in [5.41, 5.74) is 0. The van der Waals surface area contributed by atoms with Crippen LogP contribution in [0.3, 0.4) is 0 Å². The zero-order chi connectivity index (χ0) is 10.7. The van der Waals surface area contributed by atoms with Crippen LogP contribution in [0, 0.1) is 23.2 Å². The fourth-order valence-corrected chi connectivity index (χ4v) is 3.40. The zero-order valence-corrected chi connectivity index (χ0v) is 9.63. The summed E-state index contributed by atoms with van der Waals surface area (Å²) in [7, 11) is 0. The molecule has 0 bridgehead atoms. The Morgan fingerprint density at radius 3 is 3.13 bits per heavy atom. The minimum atomic E-state index is 0.191. The molecular formula is C11H15N3S. The van der Waals surface area contributed by atoms with Crippen LogP contribution in [-0.2, 0) is 0 Å². The van der Waals surface area contributed by atoms with Crippen molar-refractivity contribution in [3.63, 3.8) is 0 Å². The highest BCUT2D eigenvalue weighted by Crippen LogP contribution is 2.38. The first-order chi connectivity index (χ1) is 7.29. The van der Waals surface area contributed by atoms with Crippen molar-refractivity contribution in [3.05, 3.63) is 12.4 Å². The van der Waals surface area contributed by atoms with E-state index in [1.165, 1.54) is 6.42 Å². The molecule has 0 radical (unpaired) electrons. The van der Waals surface area contributed by atoms with Crippen molar-refractivity contribution in [3.8, 4) is 6.07 Å². The van der Waals surface area contributed by atoms with Gasteiger partial charge < -0.3 is 4.98 Å². The molecule has 1 aromatic rings. The quantitative estimate of drug-likeness (QED) is 0.835. The Balaban J connectivity index is 2.02. The molecule has 1 N–H and O–H groups in total. The SMILES string of the molecule is CC1CCC(C#N)C(Sc2ncc[nH]2)C1. The van der Waals surface area contributed by atoms with Crippen molar-refractivity contribution in [2.24, 2.45) is 11.8 Å². The van der Waals surface area contributed by atoms with E-state index in [1.807, 2.05) is 6.20 Å². The highest BCUT2D eigenvalue weighted by atomic mass is 32.2. The van der Waals surface area contributed by atoms with Crippen LogP contribution in [0.5, 0.6) is 0 Å². The summed E-state index contributed by atoms with van der Waals surface area (Å²) in [5.74, 6) is 0.929. The summed E-state index contributed by atoms with van der Waals surface area (Å²) in [6, 6.07) is 2.42. The molecular weight excluding hydrogens is 206 g/mol. The van der Waals surface area contributed by atoms with Crippen molar-refractivity contribution >= 4 is 11.8 Å². The predicted molar refractivity (Wildman–Crippen MR) is 60.4 cm³/mol. The van der Waals surface area contributed by atoms with Gasteiger partial charge in [-0.3, -0.25) is 0 Å². The average Bonchev–Trinajstić information content (AvgIpc) is 2.71. The molecule has 1 heterocycles. The maximum Gasteiger partial charge on any atom is 0.165 e. The fraction of sp³-hybridized carbons (Fsp3) is 0.636. The standard InChI is InChI=1S/C11H15N3S/c1-8-2-3-9(7-12)10(6-8)15-11-13-4-5-14-11/h4-5,8-10H,2-3,6H2,1H3,(H,13,14). The van der Waals surface area contributed by atoms with Crippen LogP contribution in [0.2, 0.25) is 0 Å². The van der Waals surface area contributed by atoms with Crippen LogP contribution < -0.4 is 0 Å². The third kappa shape index (κ3) is 2.54. The van der Waals surface area contributed by atoms with Crippen molar-refractivity contribution < 1.29 is 0 Å². The minimum absolute atomic E-state index is 0.191. The van der Waals surface area contributed by atoms with Gasteiger partial charge in [-0.05, 0) is 25.2 Å². The molecule has 3 nitrogen and oxygen atoms in total. The lowest BCUT2D eigenvalue weighted by Crippen LogP contribution is -2.25. The lowest BCUT2D eigenvalue weighted by atomic mass is 9.83. The summed E-state index contributed by atoms with van der Waals surface area (Å²) < 4.78 is 0. The molecule has 1 fully saturated rings. The van der Waals surface area contributed by atoms with Crippen LogP contribution in [0.4, 0.5) is 0 Å². The molecule has 1 aliphatic carbocycles. The van der Waals surface area contributed by atoms with Crippen molar-refractivity contribution in [1.29, 1.82) is 5.26 Å². The second-order valence-electron chi connectivity index (χ2n) is 4.20. The van der Waals surface area contributed by atoms with Gasteiger partial charge in [0, 0.05) is 17.6 Å². The van der Waals surface area contributed by atoms with E-state index in [1.54, 1.807) is 18.0 Å². The van der Waals surface area contributed by atoms with Crippen LogP contribution in [0.15, 0.2) is 17.6 Å². The number of H-pyrrole nitrogens is 1. The summed E-state index contributed by atoms with van der Waals surface area (Å²) in [6.45, 7) is 2.27. The molecule has 4 heteroatoms. The van der Waals surface area contributed by atoms with Crippen molar-refractivity contribution in [2.45, 2.75) is 36.6 Å². The van der Waals surface area contributed by atoms with E-state index in [2.05, 4.69) is 23.0 Å². The molecule has 3 unspecified atom stereocenters. The minimum Gasteiger partial charge on any atom is -0.340 e. The van der Waals surface area contributed by atoms with Gasteiger partial charge in [0.25, 0.3) is 0 Å². The first kappa shape index (κ1) is 10.6. The Labute approximate surface area is 94.3 Å². The molecule has 1 saturated carbocycles. The number of hydrogen-bond acceptors (Lipinski definition) is 3. The molecule has 0 spiro atoms. The summed E-state index contributed by atoms with van der Waals surface area (Å²) in [6.07, 6.45) is 6.94. The second kappa shape index (κ2) is 4.71. The monoisotopic (exact) mass is 221 g/mol. The maximum absolute atomic E-state index is 9.08. The number of rotatable bonds is 2. The van der Waals surface area contributed by atoms with Gasteiger partial charge in [0.1, 0.15) is 0 Å². The van der Waals surface area contributed by atoms with E-state index in [4.69, 9.17) is 5.26 Å². The Morgan fingerprint density at radius 2 is 2.47 bits per heavy atom. The van der Waals surface area contributed by atoms with Crippen LogP contribution in [0.25, 0.3) is 0 Å². The van der Waals surface area contributed by atoms with Gasteiger partial charge in [0.05, 0.1) is 12.0 Å². The number of imidazole rings is 1. The number of nitrogens with one attached hydrogen (secondary N) is 1. The molecule has 0 saturated heterocycles. The second-order valence-corrected chi connectivity index (χ2v) is 5.43. The normalized spacial score (nSPS) is 31.1. The van der Waals surface area contributed by atoms with E-state index >= 15 is 0 Å². The average molecular weight is 221 g/mol. The number of hydrogen-bond donors (Lipinski definition) is 1. The highest BCUT2D eigenvalue weighted by molar-refractivity contribution is 7.99. The summed E-state index contributed by atoms with van der Waals surface area (Å²) in [4.78, 5) is 7.29. The van der Waals surface area contributed by atoms with Crippen molar-refractivity contribution in [1.82, 2.24) is 9.97 Å². The van der Waals surface area contributed by atoms with E-state index < -0.39 is 0 Å². The maximum atomic E-state index is 9.08. The Morgan fingerprint density at radius 1 is 1.60 bits per heavy atom. The third-order valence-electron chi connectivity index (χ3n) is 2.96. The Bertz CT molecular complexity index is 341. The largest absolute Gasteiger partial charge is 0.340 e. The smallest absolute Gasteiger partial charge is 0.165 e. The first-order valence-corrected chi connectivity index (χ1v) is 6.23. The number of nitrogens with zero attached hydrogens (tertiary/aromatic N) is 2. The highest BCUT2D eigenvalue weighted by Gasteiger charge is 2.29. The summed E-state index contributed by atoms with van der Waals surface area (Å²) in [5, 5.41) is 10.4. The van der Waals surface area contributed by atoms with E-state index in [9.17, 15) is 0 Å². The van der Waals surface area contributed by atoms with Gasteiger partial charge in [-0.15, -0.1) is 0 Å². The van der Waals surface area contributed by atoms with Gasteiger partial charge in [-0.2, -0.15) is 5.26 Å². The van der Waals surface area contributed by atoms with E-state index in [0.717, 1.165) is 23.9 Å². The van der Waals surface area contributed by atoms with Gasteiger partial charge >= 0.3 is 0 Å². The van der Waals surface area contributed by atoms with Gasteiger partial charge in [0.2, 0.25) is 0 Å². The topological polar surface area (TPSA) is 52.5 Å². The predicted octanol–water partition coefficient (Wildman–Crippen LogP) is 2.83. The van der Waals surface area contributed by atoms with E-state index in [0.29, 0.717) is 5.25 Å². The molecule has 0 amide bonds. The van der Waals surface area contributed by atoms with Crippen molar-refractivity contribution in [2.75, 3.05) is 0 Å². The van der Waals surface area contributed by atoms with Crippen LogP contribution in [0.1, 0.15) is 26.2 Å². The fourth-order valence-electron chi connectivity index (χ4n) is 2.07. The molecule has 15 heavy (non-hydrogen) atoms. The van der Waals surface area contributed by atoms with Gasteiger partial charge in [-0.25, -0.2) is 4.98 Å². The number of thioether (sulfide) groups is 1. The molecule has 0 aromatic carbocycles. The van der Waals surface area contributed by atoms with Crippen LogP contribution in [-0.4, -0.2) is 15.2 Å². The lowest BCUT2D eigenvalue weighted by molar-refractivity contribution is 0.345. The summed E-state index contributed by atoms with van der Waals surface area (Å²) >= 11 is 1.72. The number of nitriles is 1. The molecule has 1 aromatic heterocycles. The first-order valence-electron chi connectivity index (χ1n) is 5.35. The number of aromatic nitrogens is 2. The van der Waals surface area contributed by atoms with Crippen LogP contribution >= 0.6 is 11.8 Å².